The molecule has 0 aliphatic carbocycles. The highest BCUT2D eigenvalue weighted by atomic mass is 35.5. The lowest BCUT2D eigenvalue weighted by atomic mass is 10.0. The average Bonchev–Trinajstić information content (AvgIpc) is 3.08. The van der Waals surface area contributed by atoms with Crippen molar-refractivity contribution in [1.82, 2.24) is 15.1 Å². The fraction of sp³-hybridized carbons (Fsp3) is 0.524. The number of piperazine rings is 1. The van der Waals surface area contributed by atoms with Gasteiger partial charge in [-0.2, -0.15) is 0 Å². The summed E-state index contributed by atoms with van der Waals surface area (Å²) < 4.78 is 5.99. The number of benzene rings is 1. The molecule has 0 saturated carbocycles. The Bertz CT molecular complexity index is 692. The second-order valence-electron chi connectivity index (χ2n) is 7.53. The molecule has 1 atom stereocenters. The molecule has 26 heavy (non-hydrogen) atoms. The maximum atomic E-state index is 6.26. The van der Waals surface area contributed by atoms with Crippen molar-refractivity contribution in [3.8, 4) is 11.3 Å². The highest BCUT2D eigenvalue weighted by molar-refractivity contribution is 6.33. The molecule has 2 aromatic rings. The molecule has 4 nitrogen and oxygen atoms in total. The van der Waals surface area contributed by atoms with Crippen LogP contribution in [0.2, 0.25) is 5.02 Å². The summed E-state index contributed by atoms with van der Waals surface area (Å²) in [6, 6.07) is 12.4. The van der Waals surface area contributed by atoms with Gasteiger partial charge in [-0.15, -0.1) is 0 Å². The number of likely N-dealkylation sites (N-methyl/N-ethyl adjacent to an activating group) is 1. The largest absolute Gasteiger partial charge is 0.460 e. The first-order chi connectivity index (χ1) is 12.5. The molecule has 142 valence electrons. The summed E-state index contributed by atoms with van der Waals surface area (Å²) in [7, 11) is 2.20. The predicted molar refractivity (Wildman–Crippen MR) is 109 cm³/mol. The Kier molecular flexibility index (Phi) is 6.76. The van der Waals surface area contributed by atoms with Crippen LogP contribution in [0, 0.1) is 5.92 Å². The van der Waals surface area contributed by atoms with Crippen LogP contribution in [0.5, 0.6) is 0 Å². The molecule has 0 radical (unpaired) electrons. The summed E-state index contributed by atoms with van der Waals surface area (Å²) in [5.74, 6) is 2.40. The zero-order chi connectivity index (χ0) is 18.5. The molecular formula is C21H30ClN3O. The highest BCUT2D eigenvalue weighted by Crippen LogP contribution is 2.29. The van der Waals surface area contributed by atoms with Crippen molar-refractivity contribution >= 4 is 11.6 Å². The number of rotatable bonds is 7. The number of nitrogens with zero attached hydrogens (tertiary/aromatic N) is 2. The van der Waals surface area contributed by atoms with Crippen molar-refractivity contribution < 1.29 is 4.42 Å². The minimum atomic E-state index is 0.557. The molecule has 5 heteroatoms. The van der Waals surface area contributed by atoms with Crippen molar-refractivity contribution in [3.05, 3.63) is 47.2 Å². The monoisotopic (exact) mass is 375 g/mol. The van der Waals surface area contributed by atoms with Crippen molar-refractivity contribution in [2.24, 2.45) is 5.92 Å². The van der Waals surface area contributed by atoms with Gasteiger partial charge in [0, 0.05) is 44.3 Å². The Morgan fingerprint density at radius 1 is 1.08 bits per heavy atom. The fourth-order valence-corrected chi connectivity index (χ4v) is 3.79. The normalized spacial score (nSPS) is 17.7. The molecule has 1 aliphatic rings. The second kappa shape index (κ2) is 9.05. The van der Waals surface area contributed by atoms with E-state index in [0.29, 0.717) is 12.0 Å². The van der Waals surface area contributed by atoms with E-state index in [2.05, 4.69) is 36.0 Å². The molecule has 1 fully saturated rings. The highest BCUT2D eigenvalue weighted by Gasteiger charge is 2.24. The number of furan rings is 1. The Morgan fingerprint density at radius 2 is 1.81 bits per heavy atom. The van der Waals surface area contributed by atoms with Gasteiger partial charge in [0.2, 0.25) is 0 Å². The lowest BCUT2D eigenvalue weighted by Gasteiger charge is -2.40. The number of halogens is 1. The van der Waals surface area contributed by atoms with Gasteiger partial charge in [-0.1, -0.05) is 37.6 Å². The van der Waals surface area contributed by atoms with Gasteiger partial charge < -0.3 is 14.6 Å². The first-order valence-electron chi connectivity index (χ1n) is 9.51. The van der Waals surface area contributed by atoms with Gasteiger partial charge in [0.05, 0.1) is 11.6 Å². The van der Waals surface area contributed by atoms with Crippen LogP contribution in [0.4, 0.5) is 0 Å². The lowest BCUT2D eigenvalue weighted by molar-refractivity contribution is 0.0872. The molecule has 0 spiro atoms. The van der Waals surface area contributed by atoms with Crippen LogP contribution in [-0.4, -0.2) is 55.6 Å². The van der Waals surface area contributed by atoms with Gasteiger partial charge in [0.25, 0.3) is 0 Å². The molecule has 1 aliphatic heterocycles. The maximum absolute atomic E-state index is 6.26. The Balaban J connectivity index is 1.54. The van der Waals surface area contributed by atoms with Crippen LogP contribution >= 0.6 is 11.6 Å². The van der Waals surface area contributed by atoms with Crippen LogP contribution in [0.15, 0.2) is 40.8 Å². The van der Waals surface area contributed by atoms with Crippen molar-refractivity contribution in [1.29, 1.82) is 0 Å². The number of hydrogen-bond donors (Lipinski definition) is 1. The summed E-state index contributed by atoms with van der Waals surface area (Å²) in [4.78, 5) is 5.02. The number of nitrogens with one attached hydrogen (secondary N) is 1. The van der Waals surface area contributed by atoms with Gasteiger partial charge in [-0.05, 0) is 37.2 Å². The van der Waals surface area contributed by atoms with Crippen LogP contribution in [0.25, 0.3) is 11.3 Å². The minimum absolute atomic E-state index is 0.557. The van der Waals surface area contributed by atoms with E-state index in [0.717, 1.165) is 61.4 Å². The van der Waals surface area contributed by atoms with E-state index < -0.39 is 0 Å². The molecule has 1 N–H and O–H groups in total. The summed E-state index contributed by atoms with van der Waals surface area (Å²) >= 11 is 6.26. The van der Waals surface area contributed by atoms with Gasteiger partial charge in [0.1, 0.15) is 11.5 Å². The topological polar surface area (TPSA) is 31.7 Å². The molecule has 3 rings (SSSR count). The summed E-state index contributed by atoms with van der Waals surface area (Å²) in [5, 5.41) is 4.31. The molecule has 1 aromatic heterocycles. The minimum Gasteiger partial charge on any atom is -0.460 e. The summed E-state index contributed by atoms with van der Waals surface area (Å²) in [6.07, 6.45) is 0. The zero-order valence-corrected chi connectivity index (χ0v) is 16.8. The third-order valence-corrected chi connectivity index (χ3v) is 5.56. The van der Waals surface area contributed by atoms with Gasteiger partial charge >= 0.3 is 0 Å². The van der Waals surface area contributed by atoms with Crippen molar-refractivity contribution in [2.45, 2.75) is 26.4 Å². The third-order valence-electron chi connectivity index (χ3n) is 5.23. The van der Waals surface area contributed by atoms with Crippen molar-refractivity contribution in [3.63, 3.8) is 0 Å². The predicted octanol–water partition coefficient (Wildman–Crippen LogP) is 3.96. The van der Waals surface area contributed by atoms with Gasteiger partial charge in [-0.25, -0.2) is 0 Å². The summed E-state index contributed by atoms with van der Waals surface area (Å²) in [6.45, 7) is 11.0. The van der Waals surface area contributed by atoms with E-state index in [-0.39, 0.29) is 0 Å². The van der Waals surface area contributed by atoms with Gasteiger partial charge in [0.15, 0.2) is 0 Å². The zero-order valence-electron chi connectivity index (χ0n) is 16.0. The molecule has 1 unspecified atom stereocenters. The Labute approximate surface area is 162 Å². The van der Waals surface area contributed by atoms with Gasteiger partial charge in [-0.3, -0.25) is 4.90 Å². The molecule has 0 bridgehead atoms. The van der Waals surface area contributed by atoms with E-state index in [1.54, 1.807) is 0 Å². The van der Waals surface area contributed by atoms with E-state index in [4.69, 9.17) is 16.0 Å². The molecule has 2 heterocycles. The SMILES string of the molecule is CC(C)C(CNCc1ccc(-c2ccccc2Cl)o1)N1CCN(C)CC1. The van der Waals surface area contributed by atoms with E-state index in [1.807, 2.05) is 36.4 Å². The average molecular weight is 376 g/mol. The standard InChI is InChI=1S/C21H30ClN3O/c1-16(2)20(25-12-10-24(3)11-13-25)15-23-14-17-8-9-21(26-17)18-6-4-5-7-19(18)22/h4-9,16,20,23H,10-15H2,1-3H3. The lowest BCUT2D eigenvalue weighted by Crippen LogP contribution is -2.53. The molecular weight excluding hydrogens is 346 g/mol. The Hall–Kier alpha value is -1.33. The Morgan fingerprint density at radius 3 is 2.50 bits per heavy atom. The molecule has 0 amide bonds. The fourth-order valence-electron chi connectivity index (χ4n) is 3.56. The quantitative estimate of drug-likeness (QED) is 0.793. The molecule has 1 aromatic carbocycles. The summed E-state index contributed by atoms with van der Waals surface area (Å²) in [5.41, 5.74) is 0.943. The van der Waals surface area contributed by atoms with Crippen molar-refractivity contribution in [2.75, 3.05) is 39.8 Å². The maximum Gasteiger partial charge on any atom is 0.135 e. The third kappa shape index (κ3) is 4.89. The first-order valence-corrected chi connectivity index (χ1v) is 9.89. The first kappa shape index (κ1) is 19.4. The van der Waals surface area contributed by atoms with E-state index >= 15 is 0 Å². The van der Waals surface area contributed by atoms with E-state index in [9.17, 15) is 0 Å². The number of hydrogen-bond acceptors (Lipinski definition) is 4. The molecule has 1 saturated heterocycles. The smallest absolute Gasteiger partial charge is 0.135 e. The second-order valence-corrected chi connectivity index (χ2v) is 7.93. The van der Waals surface area contributed by atoms with Crippen LogP contribution in [0.3, 0.4) is 0 Å². The van der Waals surface area contributed by atoms with Crippen LogP contribution < -0.4 is 5.32 Å². The van der Waals surface area contributed by atoms with Crippen LogP contribution in [-0.2, 0) is 6.54 Å². The van der Waals surface area contributed by atoms with Crippen LogP contribution in [0.1, 0.15) is 19.6 Å². The van der Waals surface area contributed by atoms with E-state index in [1.165, 1.54) is 0 Å².